The highest BCUT2D eigenvalue weighted by molar-refractivity contribution is 5.27. The van der Waals surface area contributed by atoms with E-state index >= 15 is 0 Å². The third-order valence-electron chi connectivity index (χ3n) is 4.26. The van der Waals surface area contributed by atoms with Gasteiger partial charge in [0.2, 0.25) is 0 Å². The largest absolute Gasteiger partial charge is 0.497 e. The van der Waals surface area contributed by atoms with Crippen molar-refractivity contribution in [3.8, 4) is 5.75 Å². The van der Waals surface area contributed by atoms with Crippen molar-refractivity contribution in [2.24, 2.45) is 0 Å². The fourth-order valence-corrected chi connectivity index (χ4v) is 2.73. The Bertz CT molecular complexity index is 827. The summed E-state index contributed by atoms with van der Waals surface area (Å²) in [6.07, 6.45) is 1.18. The molecule has 0 fully saturated rings. The zero-order chi connectivity index (χ0) is 19.8. The number of methoxy groups -OCH3 is 1. The zero-order valence-electron chi connectivity index (χ0n) is 15.6. The van der Waals surface area contributed by atoms with Gasteiger partial charge < -0.3 is 19.7 Å². The van der Waals surface area contributed by atoms with Crippen molar-refractivity contribution in [1.29, 1.82) is 0 Å². The van der Waals surface area contributed by atoms with Crippen LogP contribution in [0.15, 0.2) is 46.1 Å². The highest BCUT2D eigenvalue weighted by Gasteiger charge is 2.16. The van der Waals surface area contributed by atoms with Crippen LogP contribution in [0.5, 0.6) is 5.75 Å². The lowest BCUT2D eigenvalue weighted by molar-refractivity contribution is -0.0725. The third-order valence-corrected chi connectivity index (χ3v) is 4.26. The molecule has 0 aliphatic rings. The lowest BCUT2D eigenvalue weighted by atomic mass is 10.2. The summed E-state index contributed by atoms with van der Waals surface area (Å²) < 4.78 is 13.3. The van der Waals surface area contributed by atoms with E-state index in [0.717, 1.165) is 10.1 Å². The van der Waals surface area contributed by atoms with Crippen molar-refractivity contribution in [1.82, 2.24) is 9.13 Å². The highest BCUT2D eigenvalue weighted by Crippen LogP contribution is 2.13. The summed E-state index contributed by atoms with van der Waals surface area (Å²) in [7, 11) is 1.57. The summed E-state index contributed by atoms with van der Waals surface area (Å²) in [5.41, 5.74) is -0.111. The van der Waals surface area contributed by atoms with Gasteiger partial charge in [-0.2, -0.15) is 0 Å². The maximum absolute atomic E-state index is 12.8. The molecule has 0 bridgehead atoms. The maximum atomic E-state index is 12.8. The minimum Gasteiger partial charge on any atom is -0.497 e. The minimum atomic E-state index is -0.670. The van der Waals surface area contributed by atoms with Crippen LogP contribution in [-0.2, 0) is 11.3 Å². The summed E-state index contributed by atoms with van der Waals surface area (Å²) in [5, 5.41) is 18.3. The van der Waals surface area contributed by atoms with Crippen LogP contribution < -0.4 is 16.0 Å². The van der Waals surface area contributed by atoms with Crippen LogP contribution in [0.3, 0.4) is 0 Å². The first kappa shape index (κ1) is 20.9. The molecule has 0 saturated carbocycles. The number of benzene rings is 1. The minimum absolute atomic E-state index is 0.000922. The van der Waals surface area contributed by atoms with Gasteiger partial charge in [0, 0.05) is 18.9 Å². The number of hydrogen-bond donors (Lipinski definition) is 2. The van der Waals surface area contributed by atoms with Gasteiger partial charge in [0.25, 0.3) is 5.56 Å². The Hall–Kier alpha value is -2.42. The van der Waals surface area contributed by atoms with E-state index in [9.17, 15) is 14.7 Å². The molecule has 0 aliphatic heterocycles. The van der Waals surface area contributed by atoms with Gasteiger partial charge in [0.15, 0.2) is 0 Å². The second-order valence-electron chi connectivity index (χ2n) is 6.18. The van der Waals surface area contributed by atoms with Crippen molar-refractivity contribution in [2.75, 3.05) is 20.3 Å². The van der Waals surface area contributed by atoms with Gasteiger partial charge in [0.05, 0.1) is 26.4 Å². The lowest BCUT2D eigenvalue weighted by Gasteiger charge is -2.22. The topological polar surface area (TPSA) is 103 Å². The molecule has 1 heterocycles. The van der Waals surface area contributed by atoms with Crippen LogP contribution in [0, 0.1) is 0 Å². The van der Waals surface area contributed by atoms with Crippen molar-refractivity contribution < 1.29 is 19.7 Å². The average Bonchev–Trinajstić information content (AvgIpc) is 2.68. The number of rotatable bonds is 10. The predicted molar refractivity (Wildman–Crippen MR) is 100 cm³/mol. The smallest absolute Gasteiger partial charge is 0.333 e. The fraction of sp³-hybridized carbons (Fsp3) is 0.474. The van der Waals surface area contributed by atoms with Crippen molar-refractivity contribution in [2.45, 2.75) is 38.6 Å². The van der Waals surface area contributed by atoms with Gasteiger partial charge in [-0.1, -0.05) is 12.1 Å². The average molecular weight is 378 g/mol. The maximum Gasteiger partial charge on any atom is 0.333 e. The van der Waals surface area contributed by atoms with Gasteiger partial charge in [0.1, 0.15) is 12.0 Å². The van der Waals surface area contributed by atoms with E-state index in [2.05, 4.69) is 0 Å². The molecule has 8 nitrogen and oxygen atoms in total. The molecule has 0 radical (unpaired) electrons. The Kier molecular flexibility index (Phi) is 7.78. The molecule has 2 N–H and O–H groups in total. The van der Waals surface area contributed by atoms with Crippen LogP contribution in [0.4, 0.5) is 0 Å². The normalized spacial score (nSPS) is 13.3. The number of aliphatic hydroxyl groups is 2. The summed E-state index contributed by atoms with van der Waals surface area (Å²) in [4.78, 5) is 24.9. The molecule has 0 spiro atoms. The molecule has 0 saturated heterocycles. The summed E-state index contributed by atoms with van der Waals surface area (Å²) in [6, 6.07) is 8.42. The summed E-state index contributed by atoms with van der Waals surface area (Å²) >= 11 is 0. The molecule has 0 amide bonds. The van der Waals surface area contributed by atoms with Crippen LogP contribution in [0.1, 0.15) is 31.6 Å². The van der Waals surface area contributed by atoms with Gasteiger partial charge in [-0.05, 0) is 37.5 Å². The Morgan fingerprint density at radius 3 is 2.41 bits per heavy atom. The Morgan fingerprint density at radius 2 is 1.81 bits per heavy atom. The van der Waals surface area contributed by atoms with Crippen molar-refractivity contribution in [3.05, 3.63) is 62.9 Å². The summed E-state index contributed by atoms with van der Waals surface area (Å²) in [6.45, 7) is 1.58. The van der Waals surface area contributed by atoms with Crippen LogP contribution in [-0.4, -0.2) is 45.8 Å². The molecule has 8 heteroatoms. The molecule has 148 valence electrons. The van der Waals surface area contributed by atoms with E-state index in [0.29, 0.717) is 18.6 Å². The number of hydrogen-bond acceptors (Lipinski definition) is 6. The number of aromatic nitrogens is 2. The molecular formula is C19H26N2O6. The van der Waals surface area contributed by atoms with E-state index in [1.54, 1.807) is 38.3 Å². The lowest BCUT2D eigenvalue weighted by Crippen LogP contribution is -2.41. The van der Waals surface area contributed by atoms with E-state index in [1.165, 1.54) is 16.8 Å². The van der Waals surface area contributed by atoms with E-state index in [1.807, 2.05) is 0 Å². The first-order valence-corrected chi connectivity index (χ1v) is 8.82. The number of aliphatic hydroxyl groups excluding tert-OH is 2. The van der Waals surface area contributed by atoms with Gasteiger partial charge in [-0.3, -0.25) is 13.9 Å². The molecule has 27 heavy (non-hydrogen) atoms. The quantitative estimate of drug-likeness (QED) is 0.632. The Labute approximate surface area is 157 Å². The third kappa shape index (κ3) is 5.53. The monoisotopic (exact) mass is 378 g/mol. The number of nitrogens with zero attached hydrogens (tertiary/aromatic N) is 2. The Balaban J connectivity index is 2.22. The van der Waals surface area contributed by atoms with Crippen molar-refractivity contribution >= 4 is 0 Å². The molecule has 2 rings (SSSR count). The molecule has 2 aromatic rings. The standard InChI is InChI=1S/C19H26N2O6/c1-14(27-17(13-23)4-3-11-22)20-10-9-18(24)21(19(20)25)12-15-5-7-16(26-2)8-6-15/h5-10,14,17,22-23H,3-4,11-13H2,1-2H3/t14-,17+/m1/s1. The van der Waals surface area contributed by atoms with Crippen LogP contribution >= 0.6 is 0 Å². The van der Waals surface area contributed by atoms with Crippen LogP contribution in [0.2, 0.25) is 0 Å². The number of ether oxygens (including phenoxy) is 2. The highest BCUT2D eigenvalue weighted by atomic mass is 16.5. The SMILES string of the molecule is COc1ccc(Cn2c(=O)ccn([C@@H](C)O[C@H](CO)CCCO)c2=O)cc1. The molecular weight excluding hydrogens is 352 g/mol. The molecule has 1 aromatic carbocycles. The second kappa shape index (κ2) is 10.1. The van der Waals surface area contributed by atoms with Gasteiger partial charge in [-0.25, -0.2) is 4.79 Å². The second-order valence-corrected chi connectivity index (χ2v) is 6.18. The Morgan fingerprint density at radius 1 is 1.11 bits per heavy atom. The van der Waals surface area contributed by atoms with Crippen LogP contribution in [0.25, 0.3) is 0 Å². The molecule has 0 unspecified atom stereocenters. The van der Waals surface area contributed by atoms with Gasteiger partial charge in [-0.15, -0.1) is 0 Å². The van der Waals surface area contributed by atoms with E-state index in [4.69, 9.17) is 14.6 Å². The summed E-state index contributed by atoms with van der Waals surface area (Å²) in [5.74, 6) is 0.691. The van der Waals surface area contributed by atoms with Gasteiger partial charge >= 0.3 is 5.69 Å². The first-order chi connectivity index (χ1) is 13.0. The van der Waals surface area contributed by atoms with E-state index in [-0.39, 0.29) is 19.8 Å². The fourth-order valence-electron chi connectivity index (χ4n) is 2.73. The predicted octanol–water partition coefficient (Wildman–Crippen LogP) is 0.735. The van der Waals surface area contributed by atoms with E-state index < -0.39 is 23.6 Å². The molecule has 2 atom stereocenters. The molecule has 0 aliphatic carbocycles. The zero-order valence-corrected chi connectivity index (χ0v) is 15.6. The molecule has 1 aromatic heterocycles. The van der Waals surface area contributed by atoms with Crippen molar-refractivity contribution in [3.63, 3.8) is 0 Å². The first-order valence-electron chi connectivity index (χ1n) is 8.82.